The van der Waals surface area contributed by atoms with Crippen LogP contribution in [0.3, 0.4) is 0 Å². The van der Waals surface area contributed by atoms with Gasteiger partial charge in [-0.2, -0.15) is 0 Å². The normalized spacial score (nSPS) is 11.8. The van der Waals surface area contributed by atoms with Crippen LogP contribution >= 0.6 is 0 Å². The van der Waals surface area contributed by atoms with Crippen molar-refractivity contribution in [1.29, 1.82) is 0 Å². The molecule has 3 amide bonds. The second kappa shape index (κ2) is 6.69. The molecule has 0 aromatic heterocycles. The Morgan fingerprint density at radius 3 is 2.38 bits per heavy atom. The van der Waals surface area contributed by atoms with Crippen molar-refractivity contribution in [1.82, 2.24) is 5.32 Å². The van der Waals surface area contributed by atoms with E-state index in [2.05, 4.69) is 10.6 Å². The van der Waals surface area contributed by atoms with E-state index >= 15 is 0 Å². The Bertz CT molecular complexity index is 575. The van der Waals surface area contributed by atoms with Crippen molar-refractivity contribution in [3.05, 3.63) is 29.6 Å². The van der Waals surface area contributed by atoms with E-state index in [1.807, 2.05) is 0 Å². The summed E-state index contributed by atoms with van der Waals surface area (Å²) in [5.74, 6) is -3.30. The molecule has 8 heteroatoms. The highest BCUT2D eigenvalue weighted by atomic mass is 19.1. The first-order valence-corrected chi connectivity index (χ1v) is 6.12. The Kier molecular flexibility index (Phi) is 5.23. The third-order valence-corrected chi connectivity index (χ3v) is 2.74. The van der Waals surface area contributed by atoms with Crippen molar-refractivity contribution in [2.75, 3.05) is 5.32 Å². The summed E-state index contributed by atoms with van der Waals surface area (Å²) in [4.78, 5) is 33.9. The van der Waals surface area contributed by atoms with Crippen LogP contribution in [-0.2, 0) is 4.79 Å². The molecule has 0 radical (unpaired) electrons. The van der Waals surface area contributed by atoms with Gasteiger partial charge in [-0.15, -0.1) is 0 Å². The molecule has 1 aromatic carbocycles. The summed E-state index contributed by atoms with van der Waals surface area (Å²) in [6.07, 6.45) is 0. The van der Waals surface area contributed by atoms with Crippen LogP contribution < -0.4 is 16.4 Å². The van der Waals surface area contributed by atoms with E-state index in [-0.39, 0.29) is 5.92 Å². The van der Waals surface area contributed by atoms with Gasteiger partial charge in [0.1, 0.15) is 11.9 Å². The van der Waals surface area contributed by atoms with Crippen LogP contribution in [0.2, 0.25) is 0 Å². The number of nitrogens with one attached hydrogen (secondary N) is 2. The first-order valence-electron chi connectivity index (χ1n) is 6.12. The topological polar surface area (TPSA) is 122 Å². The summed E-state index contributed by atoms with van der Waals surface area (Å²) in [5.41, 5.74) is 4.26. The Labute approximate surface area is 120 Å². The summed E-state index contributed by atoms with van der Waals surface area (Å²) in [6, 6.07) is 1.50. The second-order valence-electron chi connectivity index (χ2n) is 4.69. The number of urea groups is 1. The van der Waals surface area contributed by atoms with Crippen LogP contribution in [0.1, 0.15) is 24.2 Å². The van der Waals surface area contributed by atoms with Crippen LogP contribution in [0.15, 0.2) is 18.2 Å². The van der Waals surface area contributed by atoms with E-state index in [1.165, 1.54) is 6.07 Å². The first kappa shape index (κ1) is 16.4. The monoisotopic (exact) mass is 297 g/mol. The van der Waals surface area contributed by atoms with Crippen molar-refractivity contribution in [2.45, 2.75) is 19.9 Å². The highest BCUT2D eigenvalue weighted by Gasteiger charge is 2.23. The van der Waals surface area contributed by atoms with Crippen molar-refractivity contribution in [3.8, 4) is 0 Å². The van der Waals surface area contributed by atoms with Gasteiger partial charge in [0.2, 0.25) is 5.91 Å². The van der Waals surface area contributed by atoms with Crippen LogP contribution in [0.4, 0.5) is 14.9 Å². The zero-order valence-electron chi connectivity index (χ0n) is 11.5. The molecule has 7 nitrogen and oxygen atoms in total. The molecule has 0 saturated heterocycles. The van der Waals surface area contributed by atoms with E-state index in [0.717, 1.165) is 12.1 Å². The number of aromatic carboxylic acids is 1. The standard InChI is InChI=1S/C13H16FN3O4/c1-6(2)9(11(15)18)16-13(21)17-10-7(12(19)20)4-3-5-8(10)14/h3-6,9H,1-2H3,(H2,15,18)(H,19,20)(H2,16,17,21). The minimum atomic E-state index is -1.39. The van der Waals surface area contributed by atoms with E-state index in [0.29, 0.717) is 0 Å². The van der Waals surface area contributed by atoms with E-state index in [1.54, 1.807) is 13.8 Å². The summed E-state index contributed by atoms with van der Waals surface area (Å²) in [6.45, 7) is 3.34. The largest absolute Gasteiger partial charge is 0.478 e. The lowest BCUT2D eigenvalue weighted by Gasteiger charge is -2.19. The van der Waals surface area contributed by atoms with Crippen molar-refractivity contribution in [2.24, 2.45) is 11.7 Å². The molecule has 5 N–H and O–H groups in total. The van der Waals surface area contributed by atoms with Gasteiger partial charge in [0.05, 0.1) is 11.3 Å². The molecule has 0 bridgehead atoms. The van der Waals surface area contributed by atoms with Crippen LogP contribution in [0.5, 0.6) is 0 Å². The molecule has 1 unspecified atom stereocenters. The Morgan fingerprint density at radius 2 is 1.90 bits per heavy atom. The Balaban J connectivity index is 2.94. The number of hydrogen-bond acceptors (Lipinski definition) is 3. The van der Waals surface area contributed by atoms with Crippen molar-refractivity contribution in [3.63, 3.8) is 0 Å². The lowest BCUT2D eigenvalue weighted by atomic mass is 10.0. The molecule has 1 rings (SSSR count). The van der Waals surface area contributed by atoms with Gasteiger partial charge in [0.25, 0.3) is 0 Å². The predicted octanol–water partition coefficient (Wildman–Crippen LogP) is 1.16. The average Bonchev–Trinajstić information content (AvgIpc) is 2.37. The maximum Gasteiger partial charge on any atom is 0.337 e. The fourth-order valence-corrected chi connectivity index (χ4v) is 1.69. The number of hydrogen-bond donors (Lipinski definition) is 4. The quantitative estimate of drug-likeness (QED) is 0.651. The number of anilines is 1. The number of carbonyl (C=O) groups is 3. The first-order chi connectivity index (χ1) is 9.73. The van der Waals surface area contributed by atoms with Gasteiger partial charge in [0.15, 0.2) is 0 Å². The van der Waals surface area contributed by atoms with Gasteiger partial charge in [0, 0.05) is 0 Å². The van der Waals surface area contributed by atoms with Gasteiger partial charge >= 0.3 is 12.0 Å². The van der Waals surface area contributed by atoms with Crippen molar-refractivity contribution >= 4 is 23.6 Å². The molecule has 0 heterocycles. The van der Waals surface area contributed by atoms with Gasteiger partial charge < -0.3 is 21.5 Å². The lowest BCUT2D eigenvalue weighted by molar-refractivity contribution is -0.120. The number of carbonyl (C=O) groups excluding carboxylic acids is 2. The third kappa shape index (κ3) is 4.16. The zero-order valence-corrected chi connectivity index (χ0v) is 11.5. The number of nitrogens with two attached hydrogens (primary N) is 1. The van der Waals surface area contributed by atoms with Crippen LogP contribution in [0.25, 0.3) is 0 Å². The molecule has 21 heavy (non-hydrogen) atoms. The number of amides is 3. The summed E-state index contributed by atoms with van der Waals surface area (Å²) >= 11 is 0. The maximum atomic E-state index is 13.6. The summed E-state index contributed by atoms with van der Waals surface area (Å²) in [5, 5.41) is 13.3. The molecule has 0 spiro atoms. The molecule has 0 aliphatic rings. The Morgan fingerprint density at radius 1 is 1.29 bits per heavy atom. The molecule has 1 atom stereocenters. The molecule has 0 saturated carbocycles. The minimum absolute atomic E-state index is 0.271. The van der Waals surface area contributed by atoms with Gasteiger partial charge in [-0.05, 0) is 18.1 Å². The molecule has 114 valence electrons. The lowest BCUT2D eigenvalue weighted by Crippen LogP contribution is -2.49. The number of carboxylic acids is 1. The number of primary amides is 1. The second-order valence-corrected chi connectivity index (χ2v) is 4.69. The highest BCUT2D eigenvalue weighted by Crippen LogP contribution is 2.19. The molecule has 1 aromatic rings. The smallest absolute Gasteiger partial charge is 0.337 e. The molecular formula is C13H16FN3O4. The fraction of sp³-hybridized carbons (Fsp3) is 0.308. The SMILES string of the molecule is CC(C)C(NC(=O)Nc1c(F)cccc1C(=O)O)C(N)=O. The fourth-order valence-electron chi connectivity index (χ4n) is 1.69. The van der Waals surface area contributed by atoms with E-state index in [4.69, 9.17) is 10.8 Å². The number of para-hydroxylation sites is 1. The van der Waals surface area contributed by atoms with Gasteiger partial charge in [-0.3, -0.25) is 4.79 Å². The van der Waals surface area contributed by atoms with Crippen LogP contribution in [0, 0.1) is 11.7 Å². The molecule has 0 aliphatic carbocycles. The summed E-state index contributed by atoms with van der Waals surface area (Å²) < 4.78 is 13.6. The van der Waals surface area contributed by atoms with E-state index < -0.39 is 41.0 Å². The summed E-state index contributed by atoms with van der Waals surface area (Å²) in [7, 11) is 0. The van der Waals surface area contributed by atoms with E-state index in [9.17, 15) is 18.8 Å². The van der Waals surface area contributed by atoms with Crippen LogP contribution in [-0.4, -0.2) is 29.1 Å². The van der Waals surface area contributed by atoms with Crippen molar-refractivity contribution < 1.29 is 23.9 Å². The molecule has 0 fully saturated rings. The predicted molar refractivity (Wildman–Crippen MR) is 73.3 cm³/mol. The molecule has 0 aliphatic heterocycles. The number of halogens is 1. The number of rotatable bonds is 5. The maximum absolute atomic E-state index is 13.6. The average molecular weight is 297 g/mol. The highest BCUT2D eigenvalue weighted by molar-refractivity contribution is 6.01. The zero-order chi connectivity index (χ0) is 16.2. The van der Waals surface area contributed by atoms with Gasteiger partial charge in [-0.25, -0.2) is 14.0 Å². The Hall–Kier alpha value is -2.64. The minimum Gasteiger partial charge on any atom is -0.478 e. The number of benzene rings is 1. The third-order valence-electron chi connectivity index (χ3n) is 2.74. The number of carboxylic acid groups (broad SMARTS) is 1. The van der Waals surface area contributed by atoms with Gasteiger partial charge in [-0.1, -0.05) is 19.9 Å². The molecular weight excluding hydrogens is 281 g/mol.